The number of aryl methyl sites for hydroxylation is 1. The van der Waals surface area contributed by atoms with Crippen LogP contribution in [0.15, 0.2) is 67.0 Å². The molecule has 170 valence electrons. The van der Waals surface area contributed by atoms with Gasteiger partial charge in [0.15, 0.2) is 11.5 Å². The molecule has 9 heteroatoms. The Labute approximate surface area is 190 Å². The fourth-order valence-electron chi connectivity index (χ4n) is 3.98. The SMILES string of the molecule is COc1ccc(C(O)=C2C(=O)C(=O)N(CCCn3ccnc3)C2c2ccncc2)cc1OC. The van der Waals surface area contributed by atoms with Crippen LogP contribution in [0.1, 0.15) is 23.6 Å². The third-order valence-corrected chi connectivity index (χ3v) is 5.59. The normalized spacial score (nSPS) is 17.4. The number of ether oxygens (including phenoxy) is 2. The monoisotopic (exact) mass is 448 g/mol. The molecule has 1 N–H and O–H groups in total. The number of amides is 1. The van der Waals surface area contributed by atoms with Crippen LogP contribution >= 0.6 is 0 Å². The highest BCUT2D eigenvalue weighted by Crippen LogP contribution is 2.40. The van der Waals surface area contributed by atoms with E-state index in [1.807, 2.05) is 10.8 Å². The van der Waals surface area contributed by atoms with E-state index in [2.05, 4.69) is 9.97 Å². The Morgan fingerprint density at radius 1 is 1.00 bits per heavy atom. The van der Waals surface area contributed by atoms with Gasteiger partial charge in [-0.2, -0.15) is 0 Å². The minimum atomic E-state index is -0.733. The Hall–Kier alpha value is -4.14. The van der Waals surface area contributed by atoms with Gasteiger partial charge in [-0.3, -0.25) is 14.6 Å². The van der Waals surface area contributed by atoms with Crippen molar-refractivity contribution in [3.05, 3.63) is 78.1 Å². The number of likely N-dealkylation sites (tertiary alicyclic amines) is 1. The lowest BCUT2D eigenvalue weighted by Crippen LogP contribution is -2.31. The van der Waals surface area contributed by atoms with Gasteiger partial charge in [-0.25, -0.2) is 4.98 Å². The highest BCUT2D eigenvalue weighted by Gasteiger charge is 2.45. The van der Waals surface area contributed by atoms with E-state index in [0.717, 1.165) is 0 Å². The second kappa shape index (κ2) is 9.56. The van der Waals surface area contributed by atoms with Crippen molar-refractivity contribution >= 4 is 17.4 Å². The number of benzene rings is 1. The highest BCUT2D eigenvalue weighted by molar-refractivity contribution is 6.46. The van der Waals surface area contributed by atoms with Crippen molar-refractivity contribution < 1.29 is 24.2 Å². The van der Waals surface area contributed by atoms with Gasteiger partial charge in [-0.05, 0) is 42.3 Å². The molecule has 1 aromatic carbocycles. The summed E-state index contributed by atoms with van der Waals surface area (Å²) in [6.45, 7) is 0.972. The molecule has 0 aliphatic carbocycles. The van der Waals surface area contributed by atoms with E-state index in [-0.39, 0.29) is 11.3 Å². The van der Waals surface area contributed by atoms with E-state index >= 15 is 0 Å². The zero-order valence-corrected chi connectivity index (χ0v) is 18.3. The second-order valence-electron chi connectivity index (χ2n) is 7.50. The third kappa shape index (κ3) is 4.30. The molecule has 1 aliphatic heterocycles. The molecule has 1 saturated heterocycles. The van der Waals surface area contributed by atoms with Crippen LogP contribution in [0.2, 0.25) is 0 Å². The summed E-state index contributed by atoms with van der Waals surface area (Å²) in [7, 11) is 2.99. The molecule has 4 rings (SSSR count). The van der Waals surface area contributed by atoms with Crippen LogP contribution in [-0.2, 0) is 16.1 Å². The molecule has 3 heterocycles. The predicted molar refractivity (Wildman–Crippen MR) is 120 cm³/mol. The van der Waals surface area contributed by atoms with Gasteiger partial charge in [0, 0.05) is 43.4 Å². The van der Waals surface area contributed by atoms with Gasteiger partial charge in [0.25, 0.3) is 11.7 Å². The summed E-state index contributed by atoms with van der Waals surface area (Å²) in [5.74, 6) is -0.763. The van der Waals surface area contributed by atoms with Crippen molar-refractivity contribution in [1.29, 1.82) is 0 Å². The molecule has 0 saturated carbocycles. The van der Waals surface area contributed by atoms with Gasteiger partial charge < -0.3 is 24.0 Å². The Bertz CT molecular complexity index is 1170. The number of Topliss-reactive ketones (excluding diaryl/α,β-unsaturated/α-hetero) is 1. The van der Waals surface area contributed by atoms with E-state index < -0.39 is 17.7 Å². The first-order valence-electron chi connectivity index (χ1n) is 10.4. The Morgan fingerprint density at radius 2 is 1.76 bits per heavy atom. The van der Waals surface area contributed by atoms with Crippen molar-refractivity contribution in [3.8, 4) is 11.5 Å². The van der Waals surface area contributed by atoms with Crippen LogP contribution in [0.25, 0.3) is 5.76 Å². The molecule has 0 spiro atoms. The Kier molecular flexibility index (Phi) is 6.39. The second-order valence-corrected chi connectivity index (χ2v) is 7.50. The molecular formula is C24H24N4O5. The van der Waals surface area contributed by atoms with E-state index in [1.165, 1.54) is 19.1 Å². The number of carbonyl (C=O) groups is 2. The number of imidazole rings is 1. The number of pyridine rings is 1. The van der Waals surface area contributed by atoms with Crippen LogP contribution in [-0.4, -0.2) is 57.0 Å². The summed E-state index contributed by atoms with van der Waals surface area (Å²) in [6, 6.07) is 7.57. The maximum absolute atomic E-state index is 13.1. The van der Waals surface area contributed by atoms with E-state index in [0.29, 0.717) is 42.1 Å². The van der Waals surface area contributed by atoms with Crippen molar-refractivity contribution in [2.45, 2.75) is 19.0 Å². The zero-order chi connectivity index (χ0) is 23.4. The molecule has 33 heavy (non-hydrogen) atoms. The van der Waals surface area contributed by atoms with Crippen molar-refractivity contribution in [2.75, 3.05) is 20.8 Å². The molecule has 2 aromatic heterocycles. The van der Waals surface area contributed by atoms with Gasteiger partial charge in [0.2, 0.25) is 0 Å². The van der Waals surface area contributed by atoms with Crippen LogP contribution in [0.5, 0.6) is 11.5 Å². The lowest BCUT2D eigenvalue weighted by Gasteiger charge is -2.25. The van der Waals surface area contributed by atoms with E-state index in [9.17, 15) is 14.7 Å². The number of hydrogen-bond donors (Lipinski definition) is 1. The first-order valence-corrected chi connectivity index (χ1v) is 10.4. The summed E-state index contributed by atoms with van der Waals surface area (Å²) in [6.07, 6.45) is 9.03. The number of aliphatic hydroxyl groups is 1. The average Bonchev–Trinajstić information content (AvgIpc) is 3.46. The minimum Gasteiger partial charge on any atom is -0.507 e. The van der Waals surface area contributed by atoms with Gasteiger partial charge in [0.05, 0.1) is 32.2 Å². The van der Waals surface area contributed by atoms with Gasteiger partial charge in [0.1, 0.15) is 5.76 Å². The molecular weight excluding hydrogens is 424 g/mol. The summed E-state index contributed by atoms with van der Waals surface area (Å²) in [5.41, 5.74) is 1.07. The van der Waals surface area contributed by atoms with Gasteiger partial charge in [-0.1, -0.05) is 0 Å². The van der Waals surface area contributed by atoms with Crippen LogP contribution in [0.4, 0.5) is 0 Å². The molecule has 1 amide bonds. The lowest BCUT2D eigenvalue weighted by atomic mass is 9.95. The molecule has 1 unspecified atom stereocenters. The Balaban J connectivity index is 1.73. The molecule has 0 radical (unpaired) electrons. The quantitative estimate of drug-likeness (QED) is 0.321. The van der Waals surface area contributed by atoms with Gasteiger partial charge in [-0.15, -0.1) is 0 Å². The Morgan fingerprint density at radius 3 is 2.42 bits per heavy atom. The largest absolute Gasteiger partial charge is 0.507 e. The maximum atomic E-state index is 13.1. The first kappa shape index (κ1) is 22.1. The molecule has 1 fully saturated rings. The van der Waals surface area contributed by atoms with Crippen molar-refractivity contribution in [1.82, 2.24) is 19.4 Å². The molecule has 1 aliphatic rings. The summed E-state index contributed by atoms with van der Waals surface area (Å²) < 4.78 is 12.5. The van der Waals surface area contributed by atoms with Crippen LogP contribution in [0.3, 0.4) is 0 Å². The predicted octanol–water partition coefficient (Wildman–Crippen LogP) is 2.81. The summed E-state index contributed by atoms with van der Waals surface area (Å²) in [4.78, 5) is 35.6. The number of hydrogen-bond acceptors (Lipinski definition) is 7. The van der Waals surface area contributed by atoms with Crippen molar-refractivity contribution in [3.63, 3.8) is 0 Å². The average molecular weight is 448 g/mol. The summed E-state index contributed by atoms with van der Waals surface area (Å²) in [5, 5.41) is 11.2. The minimum absolute atomic E-state index is 0.0288. The number of ketones is 1. The standard InChI is InChI=1S/C24H24N4O5/c1-32-18-5-4-17(14-19(18)33-2)22(29)20-21(16-6-8-25-9-7-16)28(24(31)23(20)30)12-3-11-27-13-10-26-15-27/h4-10,13-15,21,29H,3,11-12H2,1-2H3. The fourth-order valence-corrected chi connectivity index (χ4v) is 3.98. The zero-order valence-electron chi connectivity index (χ0n) is 18.3. The molecule has 9 nitrogen and oxygen atoms in total. The number of methoxy groups -OCH3 is 2. The molecule has 1 atom stereocenters. The highest BCUT2D eigenvalue weighted by atomic mass is 16.5. The smallest absolute Gasteiger partial charge is 0.295 e. The van der Waals surface area contributed by atoms with Gasteiger partial charge >= 0.3 is 0 Å². The maximum Gasteiger partial charge on any atom is 0.295 e. The number of carbonyl (C=O) groups excluding carboxylic acids is 2. The van der Waals surface area contributed by atoms with E-state index in [4.69, 9.17) is 9.47 Å². The fraction of sp³-hybridized carbons (Fsp3) is 0.250. The topological polar surface area (TPSA) is 107 Å². The number of nitrogens with zero attached hydrogens (tertiary/aromatic N) is 4. The molecule has 0 bridgehead atoms. The number of aromatic nitrogens is 3. The first-order chi connectivity index (χ1) is 16.0. The lowest BCUT2D eigenvalue weighted by molar-refractivity contribution is -0.139. The van der Waals surface area contributed by atoms with Crippen LogP contribution in [0, 0.1) is 0 Å². The number of rotatable bonds is 8. The van der Waals surface area contributed by atoms with E-state index in [1.54, 1.807) is 55.2 Å². The number of aliphatic hydroxyl groups excluding tert-OH is 1. The van der Waals surface area contributed by atoms with Crippen LogP contribution < -0.4 is 9.47 Å². The third-order valence-electron chi connectivity index (χ3n) is 5.59. The van der Waals surface area contributed by atoms with Crippen molar-refractivity contribution in [2.24, 2.45) is 0 Å². The summed E-state index contributed by atoms with van der Waals surface area (Å²) >= 11 is 0. The molecule has 3 aromatic rings.